The highest BCUT2D eigenvalue weighted by Gasteiger charge is 2.20. The fourth-order valence-electron chi connectivity index (χ4n) is 2.28. The molecule has 0 amide bonds. The molecule has 19 heavy (non-hydrogen) atoms. The van der Waals surface area contributed by atoms with E-state index in [0.717, 1.165) is 30.7 Å². The summed E-state index contributed by atoms with van der Waals surface area (Å²) in [6.45, 7) is 4.71. The molecule has 1 aromatic rings. The summed E-state index contributed by atoms with van der Waals surface area (Å²) in [4.78, 5) is 0.140. The summed E-state index contributed by atoms with van der Waals surface area (Å²) >= 11 is 0. The van der Waals surface area contributed by atoms with E-state index in [-0.39, 0.29) is 11.0 Å². The highest BCUT2D eigenvalue weighted by molar-refractivity contribution is 7.89. The van der Waals surface area contributed by atoms with Gasteiger partial charge < -0.3 is 10.1 Å². The zero-order chi connectivity index (χ0) is 14.0. The lowest BCUT2D eigenvalue weighted by molar-refractivity contribution is 0.0232. The first kappa shape index (κ1) is 14.3. The Kier molecular flexibility index (Phi) is 4.13. The smallest absolute Gasteiger partial charge is 0.238 e. The van der Waals surface area contributed by atoms with Crippen LogP contribution in [0.15, 0.2) is 23.1 Å². The summed E-state index contributed by atoms with van der Waals surface area (Å²) in [5, 5.41) is 8.55. The van der Waals surface area contributed by atoms with Gasteiger partial charge in [-0.1, -0.05) is 6.07 Å². The minimum absolute atomic E-state index is 0.140. The van der Waals surface area contributed by atoms with Crippen LogP contribution in [0.1, 0.15) is 25.3 Å². The van der Waals surface area contributed by atoms with E-state index in [2.05, 4.69) is 5.32 Å². The third kappa shape index (κ3) is 3.68. The molecule has 0 radical (unpaired) electrons. The largest absolute Gasteiger partial charge is 0.382 e. The van der Waals surface area contributed by atoms with Gasteiger partial charge in [-0.2, -0.15) is 0 Å². The van der Waals surface area contributed by atoms with E-state index in [1.807, 2.05) is 13.8 Å². The minimum Gasteiger partial charge on any atom is -0.382 e. The number of nitrogens with one attached hydrogen (secondary N) is 1. The Morgan fingerprint density at radius 1 is 1.42 bits per heavy atom. The normalized spacial score (nSPS) is 24.2. The van der Waals surface area contributed by atoms with Crippen LogP contribution in [0.2, 0.25) is 0 Å². The zero-order valence-electron chi connectivity index (χ0n) is 11.2. The molecule has 1 saturated heterocycles. The molecule has 0 bridgehead atoms. The molecular formula is C13H20N2O3S. The topological polar surface area (TPSA) is 81.4 Å². The molecule has 1 aliphatic rings. The summed E-state index contributed by atoms with van der Waals surface area (Å²) in [7, 11) is -3.66. The predicted octanol–water partition coefficient (Wildman–Crippen LogP) is 1.62. The molecule has 3 N–H and O–H groups in total. The maximum atomic E-state index is 11.4. The average Bonchev–Trinajstić information content (AvgIpc) is 2.30. The van der Waals surface area contributed by atoms with E-state index in [0.29, 0.717) is 6.04 Å². The highest BCUT2D eigenvalue weighted by Crippen LogP contribution is 2.23. The van der Waals surface area contributed by atoms with E-state index in [1.54, 1.807) is 12.1 Å². The standard InChI is InChI=1S/C13H20N2O3S/c1-9-3-4-12(19(14,16)17)8-13(9)15-11-5-6-18-10(2)7-11/h3-4,8,10-11,15H,5-7H2,1-2H3,(H2,14,16,17). The number of primary sulfonamides is 1. The average molecular weight is 284 g/mol. The second-order valence-electron chi connectivity index (χ2n) is 5.07. The van der Waals surface area contributed by atoms with Crippen molar-refractivity contribution in [1.29, 1.82) is 0 Å². The third-order valence-corrected chi connectivity index (χ3v) is 4.29. The number of aryl methyl sites for hydroxylation is 1. The van der Waals surface area contributed by atoms with Crippen LogP contribution in [0.25, 0.3) is 0 Å². The van der Waals surface area contributed by atoms with Gasteiger partial charge in [0.2, 0.25) is 10.0 Å². The fourth-order valence-corrected chi connectivity index (χ4v) is 2.82. The van der Waals surface area contributed by atoms with Crippen LogP contribution in [0.3, 0.4) is 0 Å². The van der Waals surface area contributed by atoms with Crippen molar-refractivity contribution in [3.63, 3.8) is 0 Å². The quantitative estimate of drug-likeness (QED) is 0.883. The van der Waals surface area contributed by atoms with Crippen molar-refractivity contribution in [2.45, 2.75) is 43.7 Å². The molecular weight excluding hydrogens is 264 g/mol. The Balaban J connectivity index is 2.19. The number of benzene rings is 1. The second kappa shape index (κ2) is 5.48. The van der Waals surface area contributed by atoms with E-state index in [4.69, 9.17) is 9.88 Å². The molecule has 0 saturated carbocycles. The van der Waals surface area contributed by atoms with Gasteiger partial charge in [0, 0.05) is 18.3 Å². The van der Waals surface area contributed by atoms with Gasteiger partial charge in [-0.25, -0.2) is 13.6 Å². The van der Waals surface area contributed by atoms with Crippen molar-refractivity contribution in [2.75, 3.05) is 11.9 Å². The number of hydrogen-bond donors (Lipinski definition) is 2. The Morgan fingerprint density at radius 2 is 2.16 bits per heavy atom. The monoisotopic (exact) mass is 284 g/mol. The van der Waals surface area contributed by atoms with Crippen LogP contribution in [0.4, 0.5) is 5.69 Å². The summed E-state index contributed by atoms with van der Waals surface area (Å²) in [6, 6.07) is 5.20. The number of nitrogens with two attached hydrogens (primary N) is 1. The van der Waals surface area contributed by atoms with Crippen LogP contribution in [0, 0.1) is 6.92 Å². The highest BCUT2D eigenvalue weighted by atomic mass is 32.2. The van der Waals surface area contributed by atoms with Crippen LogP contribution in [-0.4, -0.2) is 27.2 Å². The van der Waals surface area contributed by atoms with E-state index in [9.17, 15) is 8.42 Å². The SMILES string of the molecule is Cc1ccc(S(N)(=O)=O)cc1NC1CCOC(C)C1. The predicted molar refractivity (Wildman–Crippen MR) is 74.6 cm³/mol. The minimum atomic E-state index is -3.66. The van der Waals surface area contributed by atoms with Crippen LogP contribution >= 0.6 is 0 Å². The van der Waals surface area contributed by atoms with Gasteiger partial charge >= 0.3 is 0 Å². The van der Waals surface area contributed by atoms with Gasteiger partial charge in [0.25, 0.3) is 0 Å². The third-order valence-electron chi connectivity index (χ3n) is 3.38. The Morgan fingerprint density at radius 3 is 2.79 bits per heavy atom. The number of ether oxygens (including phenoxy) is 1. The first-order valence-corrected chi connectivity index (χ1v) is 7.92. The molecule has 1 heterocycles. The van der Waals surface area contributed by atoms with Crippen LogP contribution < -0.4 is 10.5 Å². The van der Waals surface area contributed by atoms with Crippen molar-refractivity contribution in [1.82, 2.24) is 0 Å². The molecule has 0 aliphatic carbocycles. The van der Waals surface area contributed by atoms with Crippen LogP contribution in [0.5, 0.6) is 0 Å². The van der Waals surface area contributed by atoms with E-state index < -0.39 is 10.0 Å². The molecule has 1 aliphatic heterocycles. The molecule has 106 valence electrons. The fraction of sp³-hybridized carbons (Fsp3) is 0.538. The lowest BCUT2D eigenvalue weighted by atomic mass is 10.0. The molecule has 1 aromatic carbocycles. The molecule has 0 aromatic heterocycles. The van der Waals surface area contributed by atoms with Crippen molar-refractivity contribution in [2.24, 2.45) is 5.14 Å². The second-order valence-corrected chi connectivity index (χ2v) is 6.63. The number of rotatable bonds is 3. The molecule has 0 spiro atoms. The van der Waals surface area contributed by atoms with Gasteiger partial charge in [0.15, 0.2) is 0 Å². The van der Waals surface area contributed by atoms with Crippen molar-refractivity contribution >= 4 is 15.7 Å². The number of sulfonamides is 1. The summed E-state index contributed by atoms with van der Waals surface area (Å²) in [5.41, 5.74) is 1.83. The summed E-state index contributed by atoms with van der Waals surface area (Å²) < 4.78 is 28.2. The molecule has 1 fully saturated rings. The summed E-state index contributed by atoms with van der Waals surface area (Å²) in [5.74, 6) is 0. The Bertz CT molecular complexity index is 557. The van der Waals surface area contributed by atoms with Gasteiger partial charge in [-0.05, 0) is 44.4 Å². The Labute approximate surface area is 114 Å². The van der Waals surface area contributed by atoms with Crippen LogP contribution in [-0.2, 0) is 14.8 Å². The molecule has 6 heteroatoms. The zero-order valence-corrected chi connectivity index (χ0v) is 12.0. The lowest BCUT2D eigenvalue weighted by Gasteiger charge is -2.29. The van der Waals surface area contributed by atoms with E-state index in [1.165, 1.54) is 6.07 Å². The first-order chi connectivity index (χ1) is 8.86. The van der Waals surface area contributed by atoms with Gasteiger partial charge in [0.1, 0.15) is 0 Å². The lowest BCUT2D eigenvalue weighted by Crippen LogP contribution is -2.32. The van der Waals surface area contributed by atoms with Crippen molar-refractivity contribution in [3.8, 4) is 0 Å². The van der Waals surface area contributed by atoms with Gasteiger partial charge in [-0.3, -0.25) is 0 Å². The molecule has 2 rings (SSSR count). The molecule has 2 unspecified atom stereocenters. The summed E-state index contributed by atoms with van der Waals surface area (Å²) in [6.07, 6.45) is 2.07. The number of hydrogen-bond acceptors (Lipinski definition) is 4. The van der Waals surface area contributed by atoms with Crippen molar-refractivity contribution in [3.05, 3.63) is 23.8 Å². The van der Waals surface area contributed by atoms with Gasteiger partial charge in [-0.15, -0.1) is 0 Å². The number of anilines is 1. The maximum absolute atomic E-state index is 11.4. The maximum Gasteiger partial charge on any atom is 0.238 e. The first-order valence-electron chi connectivity index (χ1n) is 6.38. The van der Waals surface area contributed by atoms with Gasteiger partial charge in [0.05, 0.1) is 11.0 Å². The molecule has 5 nitrogen and oxygen atoms in total. The van der Waals surface area contributed by atoms with Crippen molar-refractivity contribution < 1.29 is 13.2 Å². The Hall–Kier alpha value is -1.11. The van der Waals surface area contributed by atoms with E-state index >= 15 is 0 Å². The molecule has 2 atom stereocenters.